The summed E-state index contributed by atoms with van der Waals surface area (Å²) in [4.78, 5) is 15.3. The number of aromatic amines is 1. The maximum atomic E-state index is 7.15. The summed E-state index contributed by atoms with van der Waals surface area (Å²) in [6.07, 6.45) is 0. The fourth-order valence-electron chi connectivity index (χ4n) is 1.57. The maximum absolute atomic E-state index is 7.15. The zero-order valence-electron chi connectivity index (χ0n) is 10.8. The van der Waals surface area contributed by atoms with E-state index in [4.69, 9.17) is 20.6 Å². The van der Waals surface area contributed by atoms with E-state index in [2.05, 4.69) is 19.9 Å². The summed E-state index contributed by atoms with van der Waals surface area (Å²) in [6, 6.07) is 1.66. The third-order valence-electron chi connectivity index (χ3n) is 2.22. The first-order valence-electron chi connectivity index (χ1n) is 5.48. The Morgan fingerprint density at radius 1 is 1.47 bits per heavy atom. The summed E-state index contributed by atoms with van der Waals surface area (Å²) >= 11 is 0. The van der Waals surface area contributed by atoms with Crippen LogP contribution >= 0.6 is 0 Å². The molecule has 0 radical (unpaired) electrons. The Hall–Kier alpha value is -2.64. The Bertz CT molecular complexity index is 660. The monoisotopic (exact) mass is 262 g/mol. The molecule has 8 heteroatoms. The maximum Gasteiger partial charge on any atom is 0.296 e. The Balaban J connectivity index is 2.44. The number of pyridine rings is 1. The number of nitrogens with two attached hydrogens (primary N) is 1. The van der Waals surface area contributed by atoms with E-state index in [1.807, 2.05) is 13.0 Å². The fraction of sp³-hybridized carbons (Fsp3) is 0.273. The molecular formula is C11H14N6O2. The third-order valence-corrected chi connectivity index (χ3v) is 2.22. The second kappa shape index (κ2) is 4.92. The van der Waals surface area contributed by atoms with E-state index in [1.54, 1.807) is 0 Å². The predicted octanol–water partition coefficient (Wildman–Crippen LogP) is 1.23. The molecule has 0 aliphatic rings. The molecule has 8 nitrogen and oxygen atoms in total. The molecule has 19 heavy (non-hydrogen) atoms. The molecule has 2 aromatic rings. The first-order valence-corrected chi connectivity index (χ1v) is 5.48. The van der Waals surface area contributed by atoms with Crippen molar-refractivity contribution < 1.29 is 9.47 Å². The molecule has 0 bridgehead atoms. The lowest BCUT2D eigenvalue weighted by Crippen LogP contribution is -2.18. The zero-order valence-corrected chi connectivity index (χ0v) is 10.8. The van der Waals surface area contributed by atoms with Crippen molar-refractivity contribution in [3.8, 4) is 5.88 Å². The first kappa shape index (κ1) is 12.8. The van der Waals surface area contributed by atoms with Gasteiger partial charge in [-0.25, -0.2) is 9.97 Å². The van der Waals surface area contributed by atoms with Gasteiger partial charge in [-0.15, -0.1) is 0 Å². The van der Waals surface area contributed by atoms with Crippen molar-refractivity contribution in [2.75, 3.05) is 7.11 Å². The van der Waals surface area contributed by atoms with Gasteiger partial charge >= 0.3 is 0 Å². The molecule has 0 spiro atoms. The van der Waals surface area contributed by atoms with Crippen molar-refractivity contribution in [3.63, 3.8) is 0 Å². The number of H-pyrrole nitrogens is 1. The Morgan fingerprint density at radius 3 is 2.84 bits per heavy atom. The van der Waals surface area contributed by atoms with Crippen LogP contribution in [0, 0.1) is 12.3 Å². The highest BCUT2D eigenvalue weighted by atomic mass is 16.5. The molecule has 2 rings (SSSR count). The number of aliphatic imine (C=N–C) groups is 1. The van der Waals surface area contributed by atoms with Gasteiger partial charge in [0.15, 0.2) is 11.4 Å². The zero-order chi connectivity index (χ0) is 14.0. The van der Waals surface area contributed by atoms with E-state index in [-0.39, 0.29) is 17.9 Å². The second-order valence-electron chi connectivity index (χ2n) is 3.84. The number of hydrogen-bond donors (Lipinski definition) is 3. The highest BCUT2D eigenvalue weighted by molar-refractivity contribution is 5.88. The van der Waals surface area contributed by atoms with Gasteiger partial charge < -0.3 is 20.2 Å². The number of hydrogen-bond acceptors (Lipinski definition) is 6. The van der Waals surface area contributed by atoms with Gasteiger partial charge in [0.1, 0.15) is 0 Å². The quantitative estimate of drug-likeness (QED) is 0.555. The number of methoxy groups -OCH3 is 1. The van der Waals surface area contributed by atoms with E-state index in [0.717, 1.165) is 11.2 Å². The van der Waals surface area contributed by atoms with Crippen LogP contribution < -0.4 is 10.5 Å². The van der Waals surface area contributed by atoms with Crippen LogP contribution in [0.5, 0.6) is 5.88 Å². The molecule has 0 atom stereocenters. The van der Waals surface area contributed by atoms with Crippen molar-refractivity contribution >= 4 is 28.9 Å². The van der Waals surface area contributed by atoms with Crippen LogP contribution in [0.4, 0.5) is 5.95 Å². The van der Waals surface area contributed by atoms with Gasteiger partial charge in [0, 0.05) is 12.6 Å². The molecule has 0 aromatic carbocycles. The summed E-state index contributed by atoms with van der Waals surface area (Å²) in [5.74, 6) is 0.627. The van der Waals surface area contributed by atoms with E-state index in [1.165, 1.54) is 14.0 Å². The molecular weight excluding hydrogens is 248 g/mol. The number of nitrogens with one attached hydrogen (secondary N) is 2. The smallest absolute Gasteiger partial charge is 0.296 e. The van der Waals surface area contributed by atoms with E-state index in [9.17, 15) is 0 Å². The molecule has 0 saturated heterocycles. The number of ether oxygens (including phenoxy) is 2. The predicted molar refractivity (Wildman–Crippen MR) is 70.9 cm³/mol. The Labute approximate surface area is 109 Å². The Kier molecular flexibility index (Phi) is 3.32. The third kappa shape index (κ3) is 2.79. The van der Waals surface area contributed by atoms with Crippen LogP contribution in [0.2, 0.25) is 0 Å². The standard InChI is InChI=1S/C11H14N6O2/c1-5-4-7-8(9(14-5)18-3)16-11(15-7)17-10(13)19-6(2)12/h4,12H,1-3H3,(H3,13,15,16,17). The largest absolute Gasteiger partial charge is 0.479 e. The van der Waals surface area contributed by atoms with Gasteiger partial charge in [0.05, 0.1) is 12.6 Å². The summed E-state index contributed by atoms with van der Waals surface area (Å²) in [7, 11) is 1.52. The van der Waals surface area contributed by atoms with E-state index < -0.39 is 0 Å². The molecule has 100 valence electrons. The number of amidine groups is 1. The average molecular weight is 262 g/mol. The summed E-state index contributed by atoms with van der Waals surface area (Å²) < 4.78 is 9.99. The minimum Gasteiger partial charge on any atom is -0.479 e. The normalized spacial score (nSPS) is 11.6. The molecule has 0 amide bonds. The van der Waals surface area contributed by atoms with E-state index >= 15 is 0 Å². The molecule has 0 aliphatic heterocycles. The van der Waals surface area contributed by atoms with Crippen LogP contribution in [0.15, 0.2) is 11.1 Å². The lowest BCUT2D eigenvalue weighted by Gasteiger charge is -1.99. The van der Waals surface area contributed by atoms with Crippen LogP contribution in [-0.2, 0) is 4.74 Å². The van der Waals surface area contributed by atoms with Gasteiger partial charge in [-0.05, 0) is 13.0 Å². The molecule has 2 heterocycles. The SMILES string of the molecule is COc1nc(C)cc2[nH]c(/N=C(\N)OC(C)=N)nc12. The van der Waals surface area contributed by atoms with Crippen molar-refractivity contribution in [2.24, 2.45) is 10.7 Å². The Morgan fingerprint density at radius 2 is 2.21 bits per heavy atom. The van der Waals surface area contributed by atoms with Crippen LogP contribution in [-0.4, -0.2) is 34.0 Å². The van der Waals surface area contributed by atoms with Gasteiger partial charge in [-0.2, -0.15) is 4.99 Å². The fourth-order valence-corrected chi connectivity index (χ4v) is 1.57. The van der Waals surface area contributed by atoms with Gasteiger partial charge in [0.25, 0.3) is 6.02 Å². The molecule has 0 saturated carbocycles. The second-order valence-corrected chi connectivity index (χ2v) is 3.84. The van der Waals surface area contributed by atoms with Crippen molar-refractivity contribution in [1.82, 2.24) is 15.0 Å². The highest BCUT2D eigenvalue weighted by Crippen LogP contribution is 2.24. The average Bonchev–Trinajstić information content (AvgIpc) is 2.68. The number of aryl methyl sites for hydroxylation is 1. The molecule has 0 aliphatic carbocycles. The van der Waals surface area contributed by atoms with Crippen LogP contribution in [0.25, 0.3) is 11.0 Å². The number of imidazole rings is 1. The lowest BCUT2D eigenvalue weighted by molar-refractivity contribution is 0.401. The summed E-state index contributed by atoms with van der Waals surface area (Å²) in [5.41, 5.74) is 7.60. The minimum absolute atomic E-state index is 0.0487. The number of rotatable bonds is 2. The van der Waals surface area contributed by atoms with Crippen molar-refractivity contribution in [3.05, 3.63) is 11.8 Å². The highest BCUT2D eigenvalue weighted by Gasteiger charge is 2.10. The minimum atomic E-state index is -0.157. The van der Waals surface area contributed by atoms with Crippen LogP contribution in [0.3, 0.4) is 0 Å². The van der Waals surface area contributed by atoms with Gasteiger partial charge in [0.2, 0.25) is 11.8 Å². The number of nitrogens with zero attached hydrogens (tertiary/aromatic N) is 3. The number of fused-ring (bicyclic) bond motifs is 1. The van der Waals surface area contributed by atoms with Crippen molar-refractivity contribution in [1.29, 1.82) is 5.41 Å². The lowest BCUT2D eigenvalue weighted by atomic mass is 10.3. The molecule has 2 aromatic heterocycles. The molecule has 0 unspecified atom stereocenters. The van der Waals surface area contributed by atoms with Crippen LogP contribution in [0.1, 0.15) is 12.6 Å². The molecule has 0 fully saturated rings. The molecule has 4 N–H and O–H groups in total. The van der Waals surface area contributed by atoms with Gasteiger partial charge in [-0.1, -0.05) is 0 Å². The topological polar surface area (TPSA) is 122 Å². The van der Waals surface area contributed by atoms with E-state index in [0.29, 0.717) is 11.4 Å². The van der Waals surface area contributed by atoms with Crippen molar-refractivity contribution in [2.45, 2.75) is 13.8 Å². The number of aromatic nitrogens is 3. The van der Waals surface area contributed by atoms with Gasteiger partial charge in [-0.3, -0.25) is 5.41 Å². The summed E-state index contributed by atoms with van der Waals surface area (Å²) in [6.45, 7) is 3.30. The summed E-state index contributed by atoms with van der Waals surface area (Å²) in [5, 5.41) is 7.15. The first-order chi connectivity index (χ1) is 8.99.